The molecule has 3 unspecified atom stereocenters. The van der Waals surface area contributed by atoms with Crippen LogP contribution >= 0.6 is 0 Å². The van der Waals surface area contributed by atoms with Crippen molar-refractivity contribution in [2.24, 2.45) is 11.8 Å². The molecular formula is C31H40N2. The van der Waals surface area contributed by atoms with Gasteiger partial charge in [-0.15, -0.1) is 0 Å². The average molecular weight is 441 g/mol. The number of anilines is 1. The average Bonchev–Trinajstić information content (AvgIpc) is 3.58. The van der Waals surface area contributed by atoms with Gasteiger partial charge in [-0.05, 0) is 74.8 Å². The van der Waals surface area contributed by atoms with Gasteiger partial charge in [0, 0.05) is 17.1 Å². The first kappa shape index (κ1) is 21.3. The fraction of sp³-hybridized carbons (Fsp3) is 0.548. The van der Waals surface area contributed by atoms with E-state index in [1.165, 1.54) is 69.0 Å². The monoisotopic (exact) mass is 440 g/mol. The third-order valence-electron chi connectivity index (χ3n) is 9.59. The van der Waals surface area contributed by atoms with Crippen molar-refractivity contribution in [2.45, 2.75) is 95.3 Å². The Labute approximate surface area is 200 Å². The third kappa shape index (κ3) is 3.27. The van der Waals surface area contributed by atoms with E-state index < -0.39 is 0 Å². The molecule has 33 heavy (non-hydrogen) atoms. The van der Waals surface area contributed by atoms with E-state index in [0.29, 0.717) is 18.2 Å². The van der Waals surface area contributed by atoms with Crippen LogP contribution in [0.5, 0.6) is 0 Å². The lowest BCUT2D eigenvalue weighted by molar-refractivity contribution is 0.136. The lowest BCUT2D eigenvalue weighted by atomic mass is 9.61. The molecule has 0 bridgehead atoms. The first-order chi connectivity index (χ1) is 16.2. The maximum atomic E-state index is 2.85. The fourth-order valence-corrected chi connectivity index (χ4v) is 8.21. The second-order valence-corrected chi connectivity index (χ2v) is 11.2. The summed E-state index contributed by atoms with van der Waals surface area (Å²) >= 11 is 0. The van der Waals surface area contributed by atoms with Crippen LogP contribution in [0, 0.1) is 18.8 Å². The van der Waals surface area contributed by atoms with Gasteiger partial charge in [0.05, 0.1) is 6.04 Å². The molecule has 1 saturated heterocycles. The van der Waals surface area contributed by atoms with Gasteiger partial charge < -0.3 is 9.80 Å². The summed E-state index contributed by atoms with van der Waals surface area (Å²) in [5.74, 6) is 1.50. The Morgan fingerprint density at radius 1 is 0.788 bits per heavy atom. The van der Waals surface area contributed by atoms with Crippen LogP contribution in [0.15, 0.2) is 66.9 Å². The van der Waals surface area contributed by atoms with Gasteiger partial charge in [-0.25, -0.2) is 0 Å². The van der Waals surface area contributed by atoms with Crippen LogP contribution in [0.25, 0.3) is 0 Å². The van der Waals surface area contributed by atoms with Gasteiger partial charge in [-0.3, -0.25) is 0 Å². The van der Waals surface area contributed by atoms with Crippen molar-refractivity contribution in [3.63, 3.8) is 0 Å². The molecule has 0 N–H and O–H groups in total. The molecule has 2 heteroatoms. The van der Waals surface area contributed by atoms with Crippen molar-refractivity contribution < 1.29 is 0 Å². The SMILES string of the molecule is Cc1ccccc1N1C(C2CCCC2)N2C=CC(c3ccccc3)(C3CCCCC3)C2[C@@H]1C. The number of hydrogen-bond donors (Lipinski definition) is 0. The largest absolute Gasteiger partial charge is 0.351 e. The number of nitrogens with zero attached hydrogens (tertiary/aromatic N) is 2. The summed E-state index contributed by atoms with van der Waals surface area (Å²) in [7, 11) is 0. The zero-order chi connectivity index (χ0) is 22.4. The van der Waals surface area contributed by atoms with Crippen LogP contribution in [-0.4, -0.2) is 23.1 Å². The fourth-order valence-electron chi connectivity index (χ4n) is 8.21. The van der Waals surface area contributed by atoms with E-state index in [1.807, 2.05) is 0 Å². The second kappa shape index (κ2) is 8.53. The highest BCUT2D eigenvalue weighted by atomic mass is 15.5. The van der Waals surface area contributed by atoms with Crippen LogP contribution in [-0.2, 0) is 5.41 Å². The Balaban J connectivity index is 1.49. The minimum absolute atomic E-state index is 0.120. The minimum atomic E-state index is 0.120. The van der Waals surface area contributed by atoms with Crippen molar-refractivity contribution in [2.75, 3.05) is 4.90 Å². The topological polar surface area (TPSA) is 6.48 Å². The lowest BCUT2D eigenvalue weighted by Gasteiger charge is -2.45. The van der Waals surface area contributed by atoms with Gasteiger partial charge in [-0.1, -0.05) is 86.7 Å². The summed E-state index contributed by atoms with van der Waals surface area (Å²) in [4.78, 5) is 5.69. The Bertz CT molecular complexity index is 985. The highest BCUT2D eigenvalue weighted by Gasteiger charge is 2.60. The molecule has 6 rings (SSSR count). The van der Waals surface area contributed by atoms with Crippen LogP contribution in [0.3, 0.4) is 0 Å². The molecule has 2 aromatic rings. The Morgan fingerprint density at radius 2 is 1.45 bits per heavy atom. The van der Waals surface area contributed by atoms with Crippen molar-refractivity contribution >= 4 is 5.69 Å². The number of aryl methyl sites for hydroxylation is 1. The molecule has 4 aliphatic rings. The first-order valence-electron chi connectivity index (χ1n) is 13.6. The summed E-state index contributed by atoms with van der Waals surface area (Å²) in [5.41, 5.74) is 4.54. The smallest absolute Gasteiger partial charge is 0.105 e. The summed E-state index contributed by atoms with van der Waals surface area (Å²) in [6, 6.07) is 21.7. The van der Waals surface area contributed by atoms with Gasteiger partial charge in [0.1, 0.15) is 6.17 Å². The van der Waals surface area contributed by atoms with Gasteiger partial charge in [0.15, 0.2) is 0 Å². The van der Waals surface area contributed by atoms with E-state index in [1.54, 1.807) is 5.56 Å². The summed E-state index contributed by atoms with van der Waals surface area (Å²) in [6.45, 7) is 4.84. The molecular weight excluding hydrogens is 400 g/mol. The predicted octanol–water partition coefficient (Wildman–Crippen LogP) is 7.44. The predicted molar refractivity (Wildman–Crippen MR) is 138 cm³/mol. The zero-order valence-electron chi connectivity index (χ0n) is 20.5. The van der Waals surface area contributed by atoms with Gasteiger partial charge in [-0.2, -0.15) is 0 Å². The lowest BCUT2D eigenvalue weighted by Crippen LogP contribution is -2.51. The quantitative estimate of drug-likeness (QED) is 0.487. The van der Waals surface area contributed by atoms with E-state index >= 15 is 0 Å². The van der Waals surface area contributed by atoms with Crippen molar-refractivity contribution in [1.82, 2.24) is 4.90 Å². The van der Waals surface area contributed by atoms with Crippen LogP contribution in [0.4, 0.5) is 5.69 Å². The van der Waals surface area contributed by atoms with E-state index in [-0.39, 0.29) is 5.41 Å². The molecule has 2 nitrogen and oxygen atoms in total. The highest BCUT2D eigenvalue weighted by molar-refractivity contribution is 5.58. The standard InChI is InChI=1S/C31H40N2/c1-23-13-9-12-20-28(23)33-24(2)29-31(26-16-5-3-6-17-26,27-18-7-4-8-19-27)21-22-32(29)30(33)25-14-10-11-15-25/h3,5-6,9,12-13,16-17,20-22,24-25,27,29-30H,4,7-8,10-11,14-15,18-19H2,1-2H3/t24-,29?,30?,31?/m0/s1. The maximum absolute atomic E-state index is 2.85. The van der Waals surface area contributed by atoms with Crippen molar-refractivity contribution in [3.8, 4) is 0 Å². The Kier molecular flexibility index (Phi) is 5.51. The molecule has 2 saturated carbocycles. The summed E-state index contributed by atoms with van der Waals surface area (Å²) in [6.07, 6.45) is 18.2. The molecule has 2 aliphatic heterocycles. The van der Waals surface area contributed by atoms with Crippen LogP contribution in [0.2, 0.25) is 0 Å². The molecule has 0 spiro atoms. The number of hydrogen-bond acceptors (Lipinski definition) is 2. The van der Waals surface area contributed by atoms with E-state index in [9.17, 15) is 0 Å². The molecule has 3 fully saturated rings. The van der Waals surface area contributed by atoms with Gasteiger partial charge in [0.2, 0.25) is 0 Å². The molecule has 0 aromatic heterocycles. The molecule has 2 aromatic carbocycles. The number of benzene rings is 2. The van der Waals surface area contributed by atoms with Gasteiger partial charge >= 0.3 is 0 Å². The Hall–Kier alpha value is -2.22. The van der Waals surface area contributed by atoms with Crippen molar-refractivity contribution in [3.05, 3.63) is 78.0 Å². The highest BCUT2D eigenvalue weighted by Crippen LogP contribution is 2.56. The molecule has 2 aliphatic carbocycles. The molecule has 0 radical (unpaired) electrons. The third-order valence-corrected chi connectivity index (χ3v) is 9.59. The van der Waals surface area contributed by atoms with E-state index in [2.05, 4.69) is 90.5 Å². The van der Waals surface area contributed by atoms with Crippen LogP contribution < -0.4 is 4.90 Å². The molecule has 174 valence electrons. The normalized spacial score (nSPS) is 32.6. The van der Waals surface area contributed by atoms with Crippen LogP contribution in [0.1, 0.15) is 75.8 Å². The molecule has 4 atom stereocenters. The van der Waals surface area contributed by atoms with E-state index in [0.717, 1.165) is 11.8 Å². The Morgan fingerprint density at radius 3 is 2.18 bits per heavy atom. The van der Waals surface area contributed by atoms with Crippen molar-refractivity contribution in [1.29, 1.82) is 0 Å². The number of fused-ring (bicyclic) bond motifs is 1. The minimum Gasteiger partial charge on any atom is -0.351 e. The van der Waals surface area contributed by atoms with Gasteiger partial charge in [0.25, 0.3) is 0 Å². The maximum Gasteiger partial charge on any atom is 0.105 e. The first-order valence-corrected chi connectivity index (χ1v) is 13.6. The molecule has 2 heterocycles. The number of para-hydroxylation sites is 1. The second-order valence-electron chi connectivity index (χ2n) is 11.2. The number of rotatable bonds is 4. The summed E-state index contributed by atoms with van der Waals surface area (Å²) in [5, 5.41) is 0. The summed E-state index contributed by atoms with van der Waals surface area (Å²) < 4.78 is 0. The van der Waals surface area contributed by atoms with E-state index in [4.69, 9.17) is 0 Å². The molecule has 0 amide bonds. The zero-order valence-corrected chi connectivity index (χ0v) is 20.5.